The lowest BCUT2D eigenvalue weighted by atomic mass is 10.0. The average Bonchev–Trinajstić information content (AvgIpc) is 3.17. The maximum atomic E-state index is 13.1. The Kier molecular flexibility index (Phi) is 10.3. The van der Waals surface area contributed by atoms with Gasteiger partial charge in [0, 0.05) is 37.7 Å². The highest BCUT2D eigenvalue weighted by Gasteiger charge is 2.45. The summed E-state index contributed by atoms with van der Waals surface area (Å²) in [6, 6.07) is 3.91. The minimum Gasteiger partial charge on any atom is -0.444 e. The summed E-state index contributed by atoms with van der Waals surface area (Å²) in [6.07, 6.45) is 1.51. The summed E-state index contributed by atoms with van der Waals surface area (Å²) in [7, 11) is 0. The monoisotopic (exact) mass is 582 g/mol. The molecule has 0 aromatic heterocycles. The van der Waals surface area contributed by atoms with Gasteiger partial charge in [0.2, 0.25) is 11.8 Å². The van der Waals surface area contributed by atoms with Crippen molar-refractivity contribution >= 4 is 29.7 Å². The molecule has 12 heteroatoms. The van der Waals surface area contributed by atoms with Crippen molar-refractivity contribution in [1.29, 1.82) is 0 Å². The number of hydrogen-bond acceptors (Lipinski definition) is 9. The van der Waals surface area contributed by atoms with Crippen molar-refractivity contribution in [1.82, 2.24) is 20.4 Å². The summed E-state index contributed by atoms with van der Waals surface area (Å²) in [5.41, 5.74) is 0.221. The quantitative estimate of drug-likeness (QED) is 0.251. The van der Waals surface area contributed by atoms with Crippen LogP contribution in [0.4, 0.5) is 4.79 Å². The van der Waals surface area contributed by atoms with Crippen LogP contribution in [0.2, 0.25) is 0 Å². The number of imide groups is 2. The van der Waals surface area contributed by atoms with E-state index in [1.807, 2.05) is 20.8 Å². The number of piperidine rings is 2. The van der Waals surface area contributed by atoms with Crippen molar-refractivity contribution in [2.45, 2.75) is 64.1 Å². The molecular weight excluding hydrogens is 544 g/mol. The van der Waals surface area contributed by atoms with Gasteiger partial charge in [-0.3, -0.25) is 29.4 Å². The Morgan fingerprint density at radius 1 is 1.02 bits per heavy atom. The Labute approximate surface area is 245 Å². The molecule has 226 valence electrons. The van der Waals surface area contributed by atoms with Crippen LogP contribution < -0.4 is 10.6 Å². The molecule has 1 unspecified atom stereocenters. The second-order valence-corrected chi connectivity index (χ2v) is 11.4. The van der Waals surface area contributed by atoms with E-state index in [1.165, 1.54) is 6.07 Å². The lowest BCUT2D eigenvalue weighted by Gasteiger charge is -2.32. The number of nitrogens with zero attached hydrogens (tertiary/aromatic N) is 2. The summed E-state index contributed by atoms with van der Waals surface area (Å²) in [5.74, 6) is 3.54. The molecule has 0 saturated carbocycles. The number of likely N-dealkylation sites (tertiary alicyclic amines) is 1. The molecule has 1 aromatic carbocycles. The minimum absolute atomic E-state index is 0.0608. The first kappa shape index (κ1) is 31.2. The number of hydrogen-bond donors (Lipinski definition) is 2. The molecule has 4 rings (SSSR count). The number of carbonyl (C=O) groups is 5. The first-order valence-electron chi connectivity index (χ1n) is 14.2. The fraction of sp³-hybridized carbons (Fsp3) is 0.567. The third-order valence-corrected chi connectivity index (χ3v) is 7.10. The van der Waals surface area contributed by atoms with Crippen molar-refractivity contribution in [2.75, 3.05) is 46.1 Å². The summed E-state index contributed by atoms with van der Waals surface area (Å²) >= 11 is 0. The zero-order valence-corrected chi connectivity index (χ0v) is 24.3. The van der Waals surface area contributed by atoms with Crippen LogP contribution in [0.25, 0.3) is 0 Å². The number of ether oxygens (including phenoxy) is 3. The molecule has 3 aliphatic rings. The standard InChI is InChI=1S/C30H38N4O8/c1-30(2,3)42-29(39)31-21-11-13-33(14-12-21)15-17-41-19-18-40-16-5-7-20-6-4-8-22-25(20)28(38)34(27(22)37)23-9-10-24(35)32-26(23)36/h4,6,8,21,23H,9-19H2,1-3H3,(H,31,39)(H,32,35,36). The summed E-state index contributed by atoms with van der Waals surface area (Å²) in [6.45, 7) is 9.52. The molecule has 2 fully saturated rings. The van der Waals surface area contributed by atoms with Crippen LogP contribution in [-0.2, 0) is 23.8 Å². The number of carbonyl (C=O) groups excluding carboxylic acids is 5. The summed E-state index contributed by atoms with van der Waals surface area (Å²) < 4.78 is 16.5. The molecule has 1 atom stereocenters. The number of rotatable bonds is 9. The minimum atomic E-state index is -1.02. The van der Waals surface area contributed by atoms with Gasteiger partial charge in [-0.2, -0.15) is 0 Å². The zero-order chi connectivity index (χ0) is 30.3. The molecule has 2 N–H and O–H groups in total. The molecule has 1 aromatic rings. The first-order chi connectivity index (χ1) is 20.0. The van der Waals surface area contributed by atoms with Crippen molar-refractivity contribution in [3.63, 3.8) is 0 Å². The SMILES string of the molecule is CC(C)(C)OC(=O)NC1CCN(CCOCCOCC#Cc2cccc3c2C(=O)N(C2CCC(=O)NC2=O)C3=O)CC1. The maximum Gasteiger partial charge on any atom is 0.407 e. The molecule has 12 nitrogen and oxygen atoms in total. The van der Waals surface area contributed by atoms with Gasteiger partial charge in [0.15, 0.2) is 0 Å². The van der Waals surface area contributed by atoms with E-state index in [0.29, 0.717) is 25.4 Å². The highest BCUT2D eigenvalue weighted by atomic mass is 16.6. The van der Waals surface area contributed by atoms with E-state index in [4.69, 9.17) is 14.2 Å². The predicted octanol–water partition coefficient (Wildman–Crippen LogP) is 1.46. The van der Waals surface area contributed by atoms with Gasteiger partial charge in [0.1, 0.15) is 18.2 Å². The van der Waals surface area contributed by atoms with Crippen LogP contribution in [0.5, 0.6) is 0 Å². The van der Waals surface area contributed by atoms with Gasteiger partial charge in [-0.15, -0.1) is 0 Å². The molecule has 42 heavy (non-hydrogen) atoms. The first-order valence-corrected chi connectivity index (χ1v) is 14.2. The molecular formula is C30H38N4O8. The Hall–Kier alpha value is -3.79. The Bertz CT molecular complexity index is 1270. The topological polar surface area (TPSA) is 144 Å². The van der Waals surface area contributed by atoms with E-state index in [-0.39, 0.29) is 42.7 Å². The highest BCUT2D eigenvalue weighted by molar-refractivity contribution is 6.24. The number of amides is 5. The Morgan fingerprint density at radius 2 is 1.76 bits per heavy atom. The number of nitrogens with one attached hydrogen (secondary N) is 2. The van der Waals surface area contributed by atoms with Gasteiger partial charge in [0.05, 0.1) is 30.9 Å². The van der Waals surface area contributed by atoms with E-state index < -0.39 is 35.3 Å². The van der Waals surface area contributed by atoms with Crippen LogP contribution in [0.3, 0.4) is 0 Å². The fourth-order valence-electron chi connectivity index (χ4n) is 5.06. The van der Waals surface area contributed by atoms with E-state index in [9.17, 15) is 24.0 Å². The van der Waals surface area contributed by atoms with E-state index in [2.05, 4.69) is 27.4 Å². The highest BCUT2D eigenvalue weighted by Crippen LogP contribution is 2.29. The molecule has 3 aliphatic heterocycles. The van der Waals surface area contributed by atoms with E-state index in [1.54, 1.807) is 12.1 Å². The molecule has 0 aliphatic carbocycles. The number of benzene rings is 1. The molecule has 2 saturated heterocycles. The van der Waals surface area contributed by atoms with Gasteiger partial charge >= 0.3 is 6.09 Å². The molecule has 5 amide bonds. The van der Waals surface area contributed by atoms with Crippen molar-refractivity contribution in [2.24, 2.45) is 0 Å². The Morgan fingerprint density at radius 3 is 2.48 bits per heavy atom. The molecule has 0 spiro atoms. The van der Waals surface area contributed by atoms with Gasteiger partial charge in [-0.25, -0.2) is 4.79 Å². The maximum absolute atomic E-state index is 13.1. The van der Waals surface area contributed by atoms with Gasteiger partial charge in [-0.05, 0) is 52.2 Å². The van der Waals surface area contributed by atoms with E-state index in [0.717, 1.165) is 37.4 Å². The third-order valence-electron chi connectivity index (χ3n) is 7.10. The van der Waals surface area contributed by atoms with Crippen LogP contribution >= 0.6 is 0 Å². The van der Waals surface area contributed by atoms with Crippen LogP contribution in [-0.4, -0.2) is 103 Å². The summed E-state index contributed by atoms with van der Waals surface area (Å²) in [5, 5.41) is 5.12. The zero-order valence-electron chi connectivity index (χ0n) is 24.3. The average molecular weight is 583 g/mol. The second-order valence-electron chi connectivity index (χ2n) is 11.4. The largest absolute Gasteiger partial charge is 0.444 e. The molecule has 3 heterocycles. The lowest BCUT2D eigenvalue weighted by molar-refractivity contribution is -0.136. The van der Waals surface area contributed by atoms with E-state index >= 15 is 0 Å². The van der Waals surface area contributed by atoms with Gasteiger partial charge in [-0.1, -0.05) is 17.9 Å². The normalized spacial score (nSPS) is 19.7. The second kappa shape index (κ2) is 13.9. The van der Waals surface area contributed by atoms with Crippen molar-refractivity contribution in [3.05, 3.63) is 34.9 Å². The summed E-state index contributed by atoms with van der Waals surface area (Å²) in [4.78, 5) is 64.9. The molecule has 0 bridgehead atoms. The van der Waals surface area contributed by atoms with Crippen LogP contribution in [0.1, 0.15) is 72.7 Å². The van der Waals surface area contributed by atoms with Crippen LogP contribution in [0.15, 0.2) is 18.2 Å². The van der Waals surface area contributed by atoms with Crippen molar-refractivity contribution in [3.8, 4) is 11.8 Å². The Balaban J connectivity index is 1.13. The third kappa shape index (κ3) is 8.15. The van der Waals surface area contributed by atoms with Crippen LogP contribution in [0, 0.1) is 11.8 Å². The smallest absolute Gasteiger partial charge is 0.407 e. The van der Waals surface area contributed by atoms with Gasteiger partial charge in [0.25, 0.3) is 11.8 Å². The lowest BCUT2D eigenvalue weighted by Crippen LogP contribution is -2.54. The number of alkyl carbamates (subject to hydrolysis) is 1. The van der Waals surface area contributed by atoms with Gasteiger partial charge < -0.3 is 24.4 Å². The van der Waals surface area contributed by atoms with Crippen molar-refractivity contribution < 1.29 is 38.2 Å². The molecule has 0 radical (unpaired) electrons. The number of fused-ring (bicyclic) bond motifs is 1. The fourth-order valence-corrected chi connectivity index (χ4v) is 5.06. The predicted molar refractivity (Wildman–Crippen MR) is 150 cm³/mol.